The van der Waals surface area contributed by atoms with E-state index >= 15 is 0 Å². The van der Waals surface area contributed by atoms with Gasteiger partial charge in [0.05, 0.1) is 19.8 Å². The molecule has 5 rings (SSSR count). The van der Waals surface area contributed by atoms with Crippen molar-refractivity contribution in [2.75, 3.05) is 47.0 Å². The molecule has 0 bridgehead atoms. The molecule has 1 aromatic heterocycles. The van der Waals surface area contributed by atoms with Gasteiger partial charge in [-0.25, -0.2) is 4.79 Å². The molecular formula is C29H32N2O7. The van der Waals surface area contributed by atoms with Crippen molar-refractivity contribution in [3.8, 4) is 17.2 Å². The molecule has 2 saturated heterocycles. The molecule has 2 aliphatic rings. The maximum atomic E-state index is 13.2. The van der Waals surface area contributed by atoms with Crippen molar-refractivity contribution in [2.24, 2.45) is 5.41 Å². The van der Waals surface area contributed by atoms with Gasteiger partial charge in [-0.2, -0.15) is 0 Å². The Bertz CT molecular complexity index is 1420. The van der Waals surface area contributed by atoms with Gasteiger partial charge in [-0.1, -0.05) is 0 Å². The first-order valence-corrected chi connectivity index (χ1v) is 12.8. The first-order valence-electron chi connectivity index (χ1n) is 12.8. The van der Waals surface area contributed by atoms with Crippen LogP contribution < -0.4 is 19.8 Å². The first-order chi connectivity index (χ1) is 18.3. The third kappa shape index (κ3) is 5.05. The number of ether oxygens (including phenoxy) is 3. The molecule has 1 spiro atoms. The largest absolute Gasteiger partial charge is 0.497 e. The minimum Gasteiger partial charge on any atom is -0.497 e. The SMILES string of the molecule is COc1ccc(OC)c(C(=O)N2CCC3(CCN(C(=O)COc4ccc5c(C)cc(=O)oc5c4)C3)CC2)c1. The molecule has 38 heavy (non-hydrogen) atoms. The molecule has 9 nitrogen and oxygen atoms in total. The number of carbonyl (C=O) groups is 2. The number of likely N-dealkylation sites (tertiary alicyclic amines) is 2. The highest BCUT2D eigenvalue weighted by molar-refractivity contribution is 5.97. The van der Waals surface area contributed by atoms with E-state index in [9.17, 15) is 14.4 Å². The number of nitrogens with zero attached hydrogens (tertiary/aromatic N) is 2. The van der Waals surface area contributed by atoms with Crippen LogP contribution in [0.2, 0.25) is 0 Å². The molecule has 3 aromatic rings. The van der Waals surface area contributed by atoms with Crippen molar-refractivity contribution >= 4 is 22.8 Å². The second-order valence-electron chi connectivity index (χ2n) is 10.1. The molecule has 2 amide bonds. The summed E-state index contributed by atoms with van der Waals surface area (Å²) in [6, 6.07) is 11.9. The number of benzene rings is 2. The fourth-order valence-corrected chi connectivity index (χ4v) is 5.52. The highest BCUT2D eigenvalue weighted by Gasteiger charge is 2.43. The van der Waals surface area contributed by atoms with Crippen LogP contribution in [0.5, 0.6) is 17.2 Å². The first kappa shape index (κ1) is 25.6. The summed E-state index contributed by atoms with van der Waals surface area (Å²) in [4.78, 5) is 41.6. The molecule has 0 unspecified atom stereocenters. The Kier molecular flexibility index (Phi) is 7.01. The lowest BCUT2D eigenvalue weighted by Gasteiger charge is -2.39. The van der Waals surface area contributed by atoms with Gasteiger partial charge in [0.25, 0.3) is 11.8 Å². The topological polar surface area (TPSA) is 98.5 Å². The molecule has 2 fully saturated rings. The number of fused-ring (bicyclic) bond motifs is 1. The predicted molar refractivity (Wildman–Crippen MR) is 141 cm³/mol. The minimum absolute atomic E-state index is 0.00872. The van der Waals surface area contributed by atoms with Crippen LogP contribution in [0.15, 0.2) is 51.7 Å². The zero-order valence-corrected chi connectivity index (χ0v) is 22.0. The second kappa shape index (κ2) is 10.4. The maximum Gasteiger partial charge on any atom is 0.336 e. The van der Waals surface area contributed by atoms with E-state index in [-0.39, 0.29) is 23.8 Å². The van der Waals surface area contributed by atoms with Gasteiger partial charge in [-0.3, -0.25) is 9.59 Å². The van der Waals surface area contributed by atoms with Crippen LogP contribution in [0.3, 0.4) is 0 Å². The van der Waals surface area contributed by atoms with Crippen LogP contribution in [0.4, 0.5) is 0 Å². The highest BCUT2D eigenvalue weighted by atomic mass is 16.5. The van der Waals surface area contributed by atoms with Crippen molar-refractivity contribution < 1.29 is 28.2 Å². The summed E-state index contributed by atoms with van der Waals surface area (Å²) in [5.74, 6) is 1.47. The number of amides is 2. The predicted octanol–water partition coefficient (Wildman–Crippen LogP) is 3.65. The summed E-state index contributed by atoms with van der Waals surface area (Å²) in [5.41, 5.74) is 1.35. The van der Waals surface area contributed by atoms with Gasteiger partial charge in [0, 0.05) is 43.7 Å². The lowest BCUT2D eigenvalue weighted by molar-refractivity contribution is -0.132. The van der Waals surface area contributed by atoms with Gasteiger partial charge in [0.1, 0.15) is 22.8 Å². The van der Waals surface area contributed by atoms with E-state index < -0.39 is 5.63 Å². The van der Waals surface area contributed by atoms with Gasteiger partial charge < -0.3 is 28.4 Å². The normalized spacial score (nSPS) is 16.6. The lowest BCUT2D eigenvalue weighted by atomic mass is 9.77. The molecule has 0 atom stereocenters. The maximum absolute atomic E-state index is 13.2. The third-order valence-corrected chi connectivity index (χ3v) is 7.82. The van der Waals surface area contributed by atoms with Crippen LogP contribution >= 0.6 is 0 Å². The zero-order chi connectivity index (χ0) is 26.9. The standard InChI is InChI=1S/C29H32N2O7/c1-19-14-27(33)38-25-16-21(4-6-22(19)25)37-17-26(32)31-13-10-29(18-31)8-11-30(12-9-29)28(34)23-15-20(35-2)5-7-24(23)36-3/h4-7,14-16H,8-13,17-18H2,1-3H3. The number of carbonyl (C=O) groups excluding carboxylic acids is 2. The van der Waals surface area contributed by atoms with Gasteiger partial charge in [-0.15, -0.1) is 0 Å². The Balaban J connectivity index is 1.17. The summed E-state index contributed by atoms with van der Waals surface area (Å²) >= 11 is 0. The molecule has 2 aliphatic heterocycles. The van der Waals surface area contributed by atoms with Crippen molar-refractivity contribution in [1.29, 1.82) is 0 Å². The summed E-state index contributed by atoms with van der Waals surface area (Å²) in [6.45, 7) is 4.34. The van der Waals surface area contributed by atoms with Crippen LogP contribution in [0.1, 0.15) is 35.2 Å². The Hall–Kier alpha value is -4.01. The zero-order valence-electron chi connectivity index (χ0n) is 22.0. The molecule has 0 N–H and O–H groups in total. The van der Waals surface area contributed by atoms with E-state index in [2.05, 4.69) is 0 Å². The number of methoxy groups -OCH3 is 2. The molecule has 3 heterocycles. The average Bonchev–Trinajstić information content (AvgIpc) is 3.34. The number of aryl methyl sites for hydroxylation is 1. The van der Waals surface area contributed by atoms with Gasteiger partial charge in [0.15, 0.2) is 6.61 Å². The Morgan fingerprint density at radius 3 is 2.34 bits per heavy atom. The van der Waals surface area contributed by atoms with Gasteiger partial charge >= 0.3 is 5.63 Å². The number of hydrogen-bond donors (Lipinski definition) is 0. The molecule has 0 aliphatic carbocycles. The number of piperidine rings is 1. The van der Waals surface area contributed by atoms with Crippen LogP contribution in [-0.4, -0.2) is 68.6 Å². The minimum atomic E-state index is -0.416. The Morgan fingerprint density at radius 2 is 1.63 bits per heavy atom. The third-order valence-electron chi connectivity index (χ3n) is 7.82. The summed E-state index contributed by atoms with van der Waals surface area (Å²) in [5, 5.41) is 0.833. The number of rotatable bonds is 6. The van der Waals surface area contributed by atoms with Crippen molar-refractivity contribution in [2.45, 2.75) is 26.2 Å². The van der Waals surface area contributed by atoms with Crippen LogP contribution in [-0.2, 0) is 4.79 Å². The second-order valence-corrected chi connectivity index (χ2v) is 10.1. The Labute approximate surface area is 220 Å². The summed E-state index contributed by atoms with van der Waals surface area (Å²) < 4.78 is 21.7. The van der Waals surface area contributed by atoms with Gasteiger partial charge in [-0.05, 0) is 67.5 Å². The van der Waals surface area contributed by atoms with Crippen molar-refractivity contribution in [1.82, 2.24) is 9.80 Å². The quantitative estimate of drug-likeness (QED) is 0.458. The van der Waals surface area contributed by atoms with E-state index in [0.717, 1.165) is 30.2 Å². The molecular weight excluding hydrogens is 488 g/mol. The monoisotopic (exact) mass is 520 g/mol. The van der Waals surface area contributed by atoms with E-state index in [4.69, 9.17) is 18.6 Å². The van der Waals surface area contributed by atoms with E-state index in [1.807, 2.05) is 22.8 Å². The van der Waals surface area contributed by atoms with Gasteiger partial charge in [0.2, 0.25) is 0 Å². The van der Waals surface area contributed by atoms with Crippen molar-refractivity contribution in [3.63, 3.8) is 0 Å². The Morgan fingerprint density at radius 1 is 0.921 bits per heavy atom. The molecule has 0 saturated carbocycles. The highest BCUT2D eigenvalue weighted by Crippen LogP contribution is 2.41. The van der Waals surface area contributed by atoms with E-state index in [0.29, 0.717) is 54.6 Å². The van der Waals surface area contributed by atoms with E-state index in [1.165, 1.54) is 6.07 Å². The lowest BCUT2D eigenvalue weighted by Crippen LogP contribution is -2.45. The fraction of sp³-hybridized carbons (Fsp3) is 0.414. The molecule has 200 valence electrons. The van der Waals surface area contributed by atoms with E-state index in [1.54, 1.807) is 44.6 Å². The average molecular weight is 521 g/mol. The fourth-order valence-electron chi connectivity index (χ4n) is 5.52. The molecule has 9 heteroatoms. The molecule has 0 radical (unpaired) electrons. The summed E-state index contributed by atoms with van der Waals surface area (Å²) in [7, 11) is 3.12. The van der Waals surface area contributed by atoms with Crippen LogP contribution in [0.25, 0.3) is 11.0 Å². The summed E-state index contributed by atoms with van der Waals surface area (Å²) in [6.07, 6.45) is 2.57. The van der Waals surface area contributed by atoms with Crippen molar-refractivity contribution in [3.05, 3.63) is 64.0 Å². The number of hydrogen-bond acceptors (Lipinski definition) is 7. The van der Waals surface area contributed by atoms with Crippen LogP contribution in [0, 0.1) is 12.3 Å². The molecule has 2 aromatic carbocycles. The smallest absolute Gasteiger partial charge is 0.336 e.